The Labute approximate surface area is 134 Å². The zero-order valence-corrected chi connectivity index (χ0v) is 14.0. The van der Waals surface area contributed by atoms with Crippen molar-refractivity contribution in [2.24, 2.45) is 5.73 Å². The van der Waals surface area contributed by atoms with Gasteiger partial charge in [0.1, 0.15) is 0 Å². The van der Waals surface area contributed by atoms with E-state index in [0.29, 0.717) is 6.54 Å². The van der Waals surface area contributed by atoms with Crippen molar-refractivity contribution in [3.05, 3.63) is 45.6 Å². The Kier molecular flexibility index (Phi) is 3.31. The molecular formula is C18H21N3S. The highest BCUT2D eigenvalue weighted by atomic mass is 32.1. The van der Waals surface area contributed by atoms with Crippen molar-refractivity contribution in [3.8, 4) is 11.3 Å². The Morgan fingerprint density at radius 3 is 2.91 bits per heavy atom. The molecule has 0 saturated carbocycles. The number of thiazole rings is 1. The van der Waals surface area contributed by atoms with Crippen molar-refractivity contribution in [1.82, 2.24) is 9.38 Å². The Morgan fingerprint density at radius 2 is 2.14 bits per heavy atom. The van der Waals surface area contributed by atoms with Crippen molar-refractivity contribution >= 4 is 16.3 Å². The molecule has 2 aromatic heterocycles. The summed E-state index contributed by atoms with van der Waals surface area (Å²) in [6.45, 7) is 4.97. The second-order valence-electron chi connectivity index (χ2n) is 6.21. The Bertz CT molecular complexity index is 857. The van der Waals surface area contributed by atoms with Gasteiger partial charge in [-0.05, 0) is 45.2 Å². The van der Waals surface area contributed by atoms with Crippen LogP contribution in [0.2, 0.25) is 0 Å². The van der Waals surface area contributed by atoms with Gasteiger partial charge in [-0.25, -0.2) is 4.98 Å². The van der Waals surface area contributed by atoms with Crippen molar-refractivity contribution in [3.63, 3.8) is 0 Å². The molecule has 2 N–H and O–H groups in total. The van der Waals surface area contributed by atoms with Crippen LogP contribution in [-0.4, -0.2) is 15.9 Å². The second kappa shape index (κ2) is 5.21. The van der Waals surface area contributed by atoms with Crippen LogP contribution in [0, 0.1) is 13.8 Å². The van der Waals surface area contributed by atoms with Crippen LogP contribution in [0.25, 0.3) is 16.2 Å². The molecule has 0 radical (unpaired) electrons. The SMILES string of the molecule is Cc1ccc(-c2nc3sc4c(n3c2CCN)CCC4)c(C)c1. The molecule has 22 heavy (non-hydrogen) atoms. The average Bonchev–Trinajstić information content (AvgIpc) is 3.11. The number of imidazole rings is 1. The van der Waals surface area contributed by atoms with E-state index in [1.807, 2.05) is 11.3 Å². The number of hydrogen-bond donors (Lipinski definition) is 1. The summed E-state index contributed by atoms with van der Waals surface area (Å²) in [5.74, 6) is 0. The van der Waals surface area contributed by atoms with Crippen molar-refractivity contribution in [2.45, 2.75) is 39.5 Å². The first-order valence-corrected chi connectivity index (χ1v) is 8.80. The highest BCUT2D eigenvalue weighted by molar-refractivity contribution is 7.17. The zero-order chi connectivity index (χ0) is 15.3. The lowest BCUT2D eigenvalue weighted by Crippen LogP contribution is -2.07. The summed E-state index contributed by atoms with van der Waals surface area (Å²) in [6.07, 6.45) is 4.54. The molecule has 4 heteroatoms. The standard InChI is InChI=1S/C18H21N3S/c1-11-6-7-13(12(2)10-11)17-15(8-9-19)21-14-4-3-5-16(14)22-18(21)20-17/h6-7,10H,3-5,8-9,19H2,1-2H3. The van der Waals surface area contributed by atoms with E-state index in [1.165, 1.54) is 52.2 Å². The highest BCUT2D eigenvalue weighted by Crippen LogP contribution is 2.36. The van der Waals surface area contributed by atoms with Gasteiger partial charge in [0.25, 0.3) is 0 Å². The molecule has 0 aliphatic heterocycles. The molecule has 114 valence electrons. The van der Waals surface area contributed by atoms with Crippen LogP contribution in [-0.2, 0) is 19.3 Å². The Hall–Kier alpha value is -1.65. The fourth-order valence-electron chi connectivity index (χ4n) is 3.60. The predicted molar refractivity (Wildman–Crippen MR) is 92.8 cm³/mol. The molecule has 1 aromatic carbocycles. The summed E-state index contributed by atoms with van der Waals surface area (Å²) in [5.41, 5.74) is 13.6. The quantitative estimate of drug-likeness (QED) is 0.802. The largest absolute Gasteiger partial charge is 0.330 e. The number of aromatic nitrogens is 2. The Balaban J connectivity index is 1.97. The summed E-state index contributed by atoms with van der Waals surface area (Å²) in [5, 5.41) is 0. The van der Waals surface area contributed by atoms with Gasteiger partial charge in [-0.1, -0.05) is 23.8 Å². The van der Waals surface area contributed by atoms with E-state index >= 15 is 0 Å². The van der Waals surface area contributed by atoms with Gasteiger partial charge in [0.15, 0.2) is 4.96 Å². The fraction of sp³-hybridized carbons (Fsp3) is 0.389. The van der Waals surface area contributed by atoms with E-state index in [-0.39, 0.29) is 0 Å². The minimum absolute atomic E-state index is 0.663. The lowest BCUT2D eigenvalue weighted by atomic mass is 10.0. The van der Waals surface area contributed by atoms with Gasteiger partial charge in [-0.2, -0.15) is 0 Å². The molecule has 0 spiro atoms. The lowest BCUT2D eigenvalue weighted by Gasteiger charge is -2.08. The van der Waals surface area contributed by atoms with Gasteiger partial charge in [-0.15, -0.1) is 11.3 Å². The van der Waals surface area contributed by atoms with Crippen molar-refractivity contribution < 1.29 is 0 Å². The van der Waals surface area contributed by atoms with Crippen LogP contribution in [0.15, 0.2) is 18.2 Å². The zero-order valence-electron chi connectivity index (χ0n) is 13.1. The molecule has 1 aliphatic carbocycles. The van der Waals surface area contributed by atoms with Crippen LogP contribution in [0.1, 0.15) is 33.8 Å². The fourth-order valence-corrected chi connectivity index (χ4v) is 4.82. The van der Waals surface area contributed by atoms with Gasteiger partial charge >= 0.3 is 0 Å². The molecule has 0 fully saturated rings. The first kappa shape index (κ1) is 14.0. The smallest absolute Gasteiger partial charge is 0.194 e. The summed E-state index contributed by atoms with van der Waals surface area (Å²) >= 11 is 1.86. The van der Waals surface area contributed by atoms with E-state index < -0.39 is 0 Å². The maximum Gasteiger partial charge on any atom is 0.194 e. The van der Waals surface area contributed by atoms with Crippen LogP contribution < -0.4 is 5.73 Å². The number of nitrogens with two attached hydrogens (primary N) is 1. The average molecular weight is 311 g/mol. The van der Waals surface area contributed by atoms with Gasteiger partial charge in [0.05, 0.1) is 11.4 Å². The van der Waals surface area contributed by atoms with Crippen molar-refractivity contribution in [1.29, 1.82) is 0 Å². The molecule has 4 rings (SSSR count). The second-order valence-corrected chi connectivity index (χ2v) is 7.27. The molecule has 3 aromatic rings. The van der Waals surface area contributed by atoms with Crippen LogP contribution >= 0.6 is 11.3 Å². The molecular weight excluding hydrogens is 290 g/mol. The summed E-state index contributed by atoms with van der Waals surface area (Å²) < 4.78 is 2.40. The molecule has 0 atom stereocenters. The monoisotopic (exact) mass is 311 g/mol. The maximum absolute atomic E-state index is 5.90. The molecule has 0 amide bonds. The highest BCUT2D eigenvalue weighted by Gasteiger charge is 2.24. The third kappa shape index (κ3) is 2.02. The molecule has 0 bridgehead atoms. The predicted octanol–water partition coefficient (Wildman–Crippen LogP) is 3.67. The Morgan fingerprint density at radius 1 is 1.27 bits per heavy atom. The number of fused-ring (bicyclic) bond motifs is 3. The first-order chi connectivity index (χ1) is 10.7. The van der Waals surface area contributed by atoms with E-state index in [4.69, 9.17) is 10.7 Å². The van der Waals surface area contributed by atoms with Gasteiger partial charge < -0.3 is 5.73 Å². The third-order valence-corrected chi connectivity index (χ3v) is 5.73. The number of rotatable bonds is 3. The lowest BCUT2D eigenvalue weighted by molar-refractivity contribution is 0.853. The van der Waals surface area contributed by atoms with E-state index in [0.717, 1.165) is 17.1 Å². The van der Waals surface area contributed by atoms with Gasteiger partial charge in [0, 0.05) is 22.6 Å². The maximum atomic E-state index is 5.90. The van der Waals surface area contributed by atoms with Crippen LogP contribution in [0.4, 0.5) is 0 Å². The van der Waals surface area contributed by atoms with E-state index in [1.54, 1.807) is 0 Å². The summed E-state index contributed by atoms with van der Waals surface area (Å²) in [6, 6.07) is 6.61. The molecule has 0 unspecified atom stereocenters. The van der Waals surface area contributed by atoms with Crippen LogP contribution in [0.5, 0.6) is 0 Å². The number of nitrogens with zero attached hydrogens (tertiary/aromatic N) is 2. The van der Waals surface area contributed by atoms with Crippen LogP contribution in [0.3, 0.4) is 0 Å². The van der Waals surface area contributed by atoms with Gasteiger partial charge in [-0.3, -0.25) is 4.40 Å². The van der Waals surface area contributed by atoms with Crippen molar-refractivity contribution in [2.75, 3.05) is 6.54 Å². The van der Waals surface area contributed by atoms with E-state index in [9.17, 15) is 0 Å². The van der Waals surface area contributed by atoms with Gasteiger partial charge in [0.2, 0.25) is 0 Å². The first-order valence-electron chi connectivity index (χ1n) is 7.98. The minimum Gasteiger partial charge on any atom is -0.330 e. The summed E-state index contributed by atoms with van der Waals surface area (Å²) in [4.78, 5) is 7.64. The number of hydrogen-bond acceptors (Lipinski definition) is 3. The number of benzene rings is 1. The molecule has 2 heterocycles. The normalized spacial score (nSPS) is 14.0. The third-order valence-electron chi connectivity index (χ3n) is 4.58. The number of aryl methyl sites for hydroxylation is 4. The molecule has 1 aliphatic rings. The molecule has 0 saturated heterocycles. The topological polar surface area (TPSA) is 43.3 Å². The van der Waals surface area contributed by atoms with E-state index in [2.05, 4.69) is 36.4 Å². The minimum atomic E-state index is 0.663. The molecule has 3 nitrogen and oxygen atoms in total. The summed E-state index contributed by atoms with van der Waals surface area (Å²) in [7, 11) is 0.